The van der Waals surface area contributed by atoms with Crippen molar-refractivity contribution in [3.05, 3.63) is 0 Å². The van der Waals surface area contributed by atoms with Crippen LogP contribution < -0.4 is 5.73 Å². The predicted molar refractivity (Wildman–Crippen MR) is 57.6 cm³/mol. The first-order valence-corrected chi connectivity index (χ1v) is 5.70. The van der Waals surface area contributed by atoms with E-state index in [2.05, 4.69) is 0 Å². The Kier molecular flexibility index (Phi) is 4.92. The van der Waals surface area contributed by atoms with Gasteiger partial charge >= 0.3 is 12.3 Å². The van der Waals surface area contributed by atoms with Crippen LogP contribution in [0.4, 0.5) is 17.6 Å². The summed E-state index contributed by atoms with van der Waals surface area (Å²) in [6.07, 6.45) is -3.97. The largest absolute Gasteiger partial charge is 0.383 e. The van der Waals surface area contributed by atoms with E-state index in [4.69, 9.17) is 5.73 Å². The number of piperazine rings is 1. The van der Waals surface area contributed by atoms with Crippen LogP contribution in [0.3, 0.4) is 0 Å². The van der Waals surface area contributed by atoms with Gasteiger partial charge in [-0.15, -0.1) is 0 Å². The fraction of sp³-hybridized carbons (Fsp3) is 0.900. The van der Waals surface area contributed by atoms with E-state index in [0.717, 1.165) is 4.90 Å². The van der Waals surface area contributed by atoms with Gasteiger partial charge in [0, 0.05) is 38.8 Å². The Morgan fingerprint density at radius 1 is 1.28 bits per heavy atom. The van der Waals surface area contributed by atoms with Gasteiger partial charge in [0.25, 0.3) is 5.91 Å². The zero-order chi connectivity index (χ0) is 13.9. The predicted octanol–water partition coefficient (Wildman–Crippen LogP) is 0.378. The number of halogens is 4. The van der Waals surface area contributed by atoms with Crippen LogP contribution in [0.2, 0.25) is 0 Å². The summed E-state index contributed by atoms with van der Waals surface area (Å²) in [4.78, 5) is 14.0. The van der Waals surface area contributed by atoms with Crippen LogP contribution in [0.25, 0.3) is 0 Å². The molecule has 2 N–H and O–H groups in total. The van der Waals surface area contributed by atoms with Gasteiger partial charge in [-0.2, -0.15) is 8.78 Å². The summed E-state index contributed by atoms with van der Waals surface area (Å²) in [5, 5.41) is 0. The summed E-state index contributed by atoms with van der Waals surface area (Å²) >= 11 is 0. The van der Waals surface area contributed by atoms with E-state index in [1.807, 2.05) is 11.8 Å². The van der Waals surface area contributed by atoms with Crippen molar-refractivity contribution >= 4 is 5.91 Å². The Morgan fingerprint density at radius 3 is 2.17 bits per heavy atom. The normalized spacial score (nSPS) is 20.3. The standard InChI is InChI=1S/C10H17F4N3O/c1-7(6-15)16-2-4-17(5-3-16)9(18)10(13,14)8(11)12/h7-8H,2-6,15H2,1H3. The quantitative estimate of drug-likeness (QED) is 0.752. The Balaban J connectivity index is 2.56. The molecule has 1 fully saturated rings. The second-order valence-corrected chi connectivity index (χ2v) is 4.34. The van der Waals surface area contributed by atoms with Crippen LogP contribution in [-0.4, -0.2) is 66.8 Å². The van der Waals surface area contributed by atoms with Gasteiger partial charge in [-0.3, -0.25) is 9.69 Å². The molecule has 4 nitrogen and oxygen atoms in total. The third-order valence-electron chi connectivity index (χ3n) is 3.13. The number of nitrogens with two attached hydrogens (primary N) is 1. The summed E-state index contributed by atoms with van der Waals surface area (Å²) < 4.78 is 49.8. The molecule has 0 spiro atoms. The van der Waals surface area contributed by atoms with Crippen LogP contribution in [0.1, 0.15) is 6.92 Å². The van der Waals surface area contributed by atoms with Crippen LogP contribution in [0.5, 0.6) is 0 Å². The second kappa shape index (κ2) is 5.83. The molecule has 1 atom stereocenters. The first-order chi connectivity index (χ1) is 8.30. The topological polar surface area (TPSA) is 49.6 Å². The summed E-state index contributed by atoms with van der Waals surface area (Å²) in [5.41, 5.74) is 5.46. The SMILES string of the molecule is CC(CN)N1CCN(C(=O)C(F)(F)C(F)F)CC1. The highest BCUT2D eigenvalue weighted by atomic mass is 19.3. The highest BCUT2D eigenvalue weighted by Gasteiger charge is 2.51. The van der Waals surface area contributed by atoms with E-state index in [9.17, 15) is 22.4 Å². The van der Waals surface area contributed by atoms with Crippen molar-refractivity contribution in [2.24, 2.45) is 5.73 Å². The van der Waals surface area contributed by atoms with Crippen LogP contribution >= 0.6 is 0 Å². The monoisotopic (exact) mass is 271 g/mol. The fourth-order valence-corrected chi connectivity index (χ4v) is 1.82. The van der Waals surface area contributed by atoms with E-state index in [1.165, 1.54) is 0 Å². The lowest BCUT2D eigenvalue weighted by atomic mass is 10.2. The van der Waals surface area contributed by atoms with E-state index in [-0.39, 0.29) is 19.1 Å². The molecule has 0 bridgehead atoms. The molecular formula is C10H17F4N3O. The number of carbonyl (C=O) groups excluding carboxylic acids is 1. The van der Waals surface area contributed by atoms with Crippen molar-refractivity contribution in [2.45, 2.75) is 25.3 Å². The smallest absolute Gasteiger partial charge is 0.335 e. The van der Waals surface area contributed by atoms with Gasteiger partial charge in [0.2, 0.25) is 0 Å². The van der Waals surface area contributed by atoms with Gasteiger partial charge in [-0.1, -0.05) is 0 Å². The molecule has 1 rings (SSSR count). The molecule has 106 valence electrons. The molecule has 0 aromatic carbocycles. The molecule has 1 unspecified atom stereocenters. The molecule has 1 aliphatic heterocycles. The minimum absolute atomic E-state index is 0.0193. The zero-order valence-corrected chi connectivity index (χ0v) is 10.1. The molecular weight excluding hydrogens is 254 g/mol. The second-order valence-electron chi connectivity index (χ2n) is 4.34. The van der Waals surface area contributed by atoms with Gasteiger partial charge in [0.05, 0.1) is 0 Å². The lowest BCUT2D eigenvalue weighted by Crippen LogP contribution is -2.57. The molecule has 1 aliphatic rings. The average Bonchev–Trinajstić information content (AvgIpc) is 2.36. The minimum Gasteiger partial charge on any atom is -0.335 e. The zero-order valence-electron chi connectivity index (χ0n) is 10.1. The van der Waals surface area contributed by atoms with Gasteiger partial charge in [0.1, 0.15) is 0 Å². The molecule has 0 aromatic rings. The number of hydrogen-bond donors (Lipinski definition) is 1. The van der Waals surface area contributed by atoms with Crippen molar-refractivity contribution in [1.82, 2.24) is 9.80 Å². The number of nitrogens with zero attached hydrogens (tertiary/aromatic N) is 2. The lowest BCUT2D eigenvalue weighted by molar-refractivity contribution is -0.182. The van der Waals surface area contributed by atoms with Gasteiger partial charge < -0.3 is 10.6 Å². The van der Waals surface area contributed by atoms with Crippen molar-refractivity contribution in [1.29, 1.82) is 0 Å². The van der Waals surface area contributed by atoms with E-state index < -0.39 is 18.3 Å². The third kappa shape index (κ3) is 3.11. The molecule has 0 aliphatic carbocycles. The minimum atomic E-state index is -4.60. The lowest BCUT2D eigenvalue weighted by Gasteiger charge is -2.38. The van der Waals surface area contributed by atoms with E-state index >= 15 is 0 Å². The Morgan fingerprint density at radius 2 is 1.78 bits per heavy atom. The van der Waals surface area contributed by atoms with Crippen molar-refractivity contribution in [3.63, 3.8) is 0 Å². The molecule has 0 saturated carbocycles. The highest BCUT2D eigenvalue weighted by molar-refractivity contribution is 5.84. The summed E-state index contributed by atoms with van der Waals surface area (Å²) in [7, 11) is 0. The maximum Gasteiger partial charge on any atom is 0.383 e. The maximum absolute atomic E-state index is 12.9. The third-order valence-corrected chi connectivity index (χ3v) is 3.13. The van der Waals surface area contributed by atoms with Crippen molar-refractivity contribution in [3.8, 4) is 0 Å². The van der Waals surface area contributed by atoms with Gasteiger partial charge in [-0.05, 0) is 6.92 Å². The first-order valence-electron chi connectivity index (χ1n) is 5.70. The summed E-state index contributed by atoms with van der Waals surface area (Å²) in [6.45, 7) is 3.07. The number of amides is 1. The summed E-state index contributed by atoms with van der Waals surface area (Å²) in [6, 6.07) is 0.0814. The van der Waals surface area contributed by atoms with E-state index in [0.29, 0.717) is 19.6 Å². The number of rotatable bonds is 4. The van der Waals surface area contributed by atoms with Crippen molar-refractivity contribution in [2.75, 3.05) is 32.7 Å². The number of alkyl halides is 4. The Labute approximate surface area is 103 Å². The van der Waals surface area contributed by atoms with Crippen LogP contribution in [0, 0.1) is 0 Å². The van der Waals surface area contributed by atoms with Crippen LogP contribution in [0.15, 0.2) is 0 Å². The number of carbonyl (C=O) groups is 1. The molecule has 0 aromatic heterocycles. The average molecular weight is 271 g/mol. The molecule has 0 radical (unpaired) electrons. The Hall–Kier alpha value is -0.890. The van der Waals surface area contributed by atoms with Gasteiger partial charge in [-0.25, -0.2) is 8.78 Å². The maximum atomic E-state index is 12.9. The molecule has 1 amide bonds. The number of hydrogen-bond acceptors (Lipinski definition) is 3. The van der Waals surface area contributed by atoms with Gasteiger partial charge in [0.15, 0.2) is 0 Å². The summed E-state index contributed by atoms with van der Waals surface area (Å²) in [5.74, 6) is -6.39. The molecule has 1 saturated heterocycles. The van der Waals surface area contributed by atoms with Crippen molar-refractivity contribution < 1.29 is 22.4 Å². The van der Waals surface area contributed by atoms with E-state index in [1.54, 1.807) is 0 Å². The first kappa shape index (κ1) is 15.2. The molecule has 18 heavy (non-hydrogen) atoms. The fourth-order valence-electron chi connectivity index (χ4n) is 1.82. The molecule has 1 heterocycles. The van der Waals surface area contributed by atoms with Crippen LogP contribution in [-0.2, 0) is 4.79 Å². The highest BCUT2D eigenvalue weighted by Crippen LogP contribution is 2.26. The Bertz CT molecular complexity index is 293. The molecule has 8 heteroatoms.